The smallest absolute Gasteiger partial charge is 0.407 e. The van der Waals surface area contributed by atoms with Crippen LogP contribution in [0.2, 0.25) is 0 Å². The van der Waals surface area contributed by atoms with Crippen LogP contribution >= 0.6 is 7.60 Å². The molecule has 0 rings (SSSR count). The van der Waals surface area contributed by atoms with Gasteiger partial charge in [0.2, 0.25) is 0 Å². The second-order valence-corrected chi connectivity index (χ2v) is 8.22. The van der Waals surface area contributed by atoms with Crippen molar-refractivity contribution in [3.05, 3.63) is 0 Å². The zero-order valence-electron chi connectivity index (χ0n) is 13.9. The molecule has 0 heterocycles. The molecule has 0 saturated heterocycles. The summed E-state index contributed by atoms with van der Waals surface area (Å²) in [6, 6.07) is -0.810. The Morgan fingerprint density at radius 1 is 1.29 bits per heavy atom. The van der Waals surface area contributed by atoms with Crippen molar-refractivity contribution in [2.24, 2.45) is 5.92 Å². The zero-order valence-corrected chi connectivity index (χ0v) is 14.8. The number of carbonyl (C=O) groups excluding carboxylic acids is 1. The molecule has 0 aromatic heterocycles. The molecule has 0 saturated carbocycles. The Bertz CT molecular complexity index is 373. The van der Waals surface area contributed by atoms with Gasteiger partial charge in [-0.05, 0) is 26.7 Å². The lowest BCUT2D eigenvalue weighted by Gasteiger charge is -2.32. The Kier molecular flexibility index (Phi) is 7.89. The molecular formula is C13H28NO6P. The predicted octanol–water partition coefficient (Wildman–Crippen LogP) is 2.73. The Balaban J connectivity index is 5.14. The summed E-state index contributed by atoms with van der Waals surface area (Å²) in [7, 11) is -1.34. The van der Waals surface area contributed by atoms with E-state index < -0.39 is 31.2 Å². The second kappa shape index (κ2) is 8.13. The minimum atomic E-state index is -3.72. The molecule has 1 amide bonds. The summed E-state index contributed by atoms with van der Waals surface area (Å²) in [6.07, 6.45) is -0.0316. The van der Waals surface area contributed by atoms with Crippen molar-refractivity contribution in [3.63, 3.8) is 0 Å². The summed E-state index contributed by atoms with van der Waals surface area (Å²) in [6.45, 7) is 8.91. The number of aliphatic hydroxyl groups is 1. The lowest BCUT2D eigenvalue weighted by atomic mass is 10.00. The van der Waals surface area contributed by atoms with E-state index in [1.54, 1.807) is 20.8 Å². The molecule has 0 fully saturated rings. The van der Waals surface area contributed by atoms with Gasteiger partial charge in [-0.25, -0.2) is 4.79 Å². The van der Waals surface area contributed by atoms with Crippen LogP contribution in [0.1, 0.15) is 41.0 Å². The van der Waals surface area contributed by atoms with Gasteiger partial charge in [-0.1, -0.05) is 20.3 Å². The lowest BCUT2D eigenvalue weighted by Crippen LogP contribution is -2.49. The van der Waals surface area contributed by atoms with Crippen molar-refractivity contribution in [2.75, 3.05) is 14.2 Å². The van der Waals surface area contributed by atoms with Crippen LogP contribution in [0.3, 0.4) is 0 Å². The fraction of sp³-hybridized carbons (Fsp3) is 0.923. The van der Waals surface area contributed by atoms with Gasteiger partial charge >= 0.3 is 13.7 Å². The highest BCUT2D eigenvalue weighted by Gasteiger charge is 2.42. The van der Waals surface area contributed by atoms with E-state index in [0.717, 1.165) is 0 Å². The minimum Gasteiger partial charge on any atom is -0.444 e. The summed E-state index contributed by atoms with van der Waals surface area (Å²) in [5, 5.41) is 12.8. The van der Waals surface area contributed by atoms with E-state index in [1.807, 2.05) is 13.8 Å². The van der Waals surface area contributed by atoms with Crippen molar-refractivity contribution in [1.82, 2.24) is 5.32 Å². The maximum atomic E-state index is 12.3. The third-order valence-electron chi connectivity index (χ3n) is 3.09. The third kappa shape index (κ3) is 6.34. The first kappa shape index (κ1) is 20.4. The molecule has 0 aromatic carbocycles. The summed E-state index contributed by atoms with van der Waals surface area (Å²) >= 11 is 0. The van der Waals surface area contributed by atoms with Gasteiger partial charge in [0.25, 0.3) is 0 Å². The van der Waals surface area contributed by atoms with E-state index in [1.165, 1.54) is 14.2 Å². The van der Waals surface area contributed by atoms with Gasteiger partial charge in [0.05, 0.1) is 6.04 Å². The van der Waals surface area contributed by atoms with Gasteiger partial charge in [-0.3, -0.25) is 4.57 Å². The van der Waals surface area contributed by atoms with Crippen molar-refractivity contribution >= 4 is 13.7 Å². The van der Waals surface area contributed by atoms with Gasteiger partial charge in [0, 0.05) is 14.2 Å². The summed E-state index contributed by atoms with van der Waals surface area (Å²) < 4.78 is 27.0. The van der Waals surface area contributed by atoms with Crippen LogP contribution in [-0.4, -0.2) is 42.9 Å². The van der Waals surface area contributed by atoms with Crippen LogP contribution in [0.15, 0.2) is 0 Å². The summed E-state index contributed by atoms with van der Waals surface area (Å²) in [4.78, 5) is 11.9. The van der Waals surface area contributed by atoms with Crippen molar-refractivity contribution in [1.29, 1.82) is 0 Å². The highest BCUT2D eigenvalue weighted by atomic mass is 31.2. The summed E-state index contributed by atoms with van der Waals surface area (Å²) in [5.41, 5.74) is -0.665. The van der Waals surface area contributed by atoms with Crippen molar-refractivity contribution in [3.8, 4) is 0 Å². The van der Waals surface area contributed by atoms with E-state index in [0.29, 0.717) is 6.42 Å². The second-order valence-electron chi connectivity index (χ2n) is 5.88. The van der Waals surface area contributed by atoms with Crippen LogP contribution in [-0.2, 0) is 18.3 Å². The maximum absolute atomic E-state index is 12.3. The largest absolute Gasteiger partial charge is 0.444 e. The molecule has 0 aliphatic heterocycles. The van der Waals surface area contributed by atoms with E-state index >= 15 is 0 Å². The predicted molar refractivity (Wildman–Crippen MR) is 80.2 cm³/mol. The SMILES string of the molecule is CC[C@H](C)[C@H](NC(=O)OC(C)(C)C)[C@H](O)P(=O)(OC)OC. The molecule has 0 radical (unpaired) electrons. The average molecular weight is 325 g/mol. The van der Waals surface area contributed by atoms with Crippen LogP contribution in [0.25, 0.3) is 0 Å². The lowest BCUT2D eigenvalue weighted by molar-refractivity contribution is 0.0414. The maximum Gasteiger partial charge on any atom is 0.407 e. The van der Waals surface area contributed by atoms with E-state index in [4.69, 9.17) is 13.8 Å². The molecule has 21 heavy (non-hydrogen) atoms. The number of aliphatic hydroxyl groups excluding tert-OH is 1. The van der Waals surface area contributed by atoms with Gasteiger partial charge in [0.15, 0.2) is 5.85 Å². The molecule has 3 atom stereocenters. The standard InChI is InChI=1S/C13H28NO6P/c1-8-9(2)10(11(15)21(17,18-6)19-7)14-12(16)20-13(3,4)5/h9-11,15H,8H2,1-7H3,(H,14,16)/t9-,10-,11+/m0/s1. The number of ether oxygens (including phenoxy) is 1. The van der Waals surface area contributed by atoms with Gasteiger partial charge in [-0.15, -0.1) is 0 Å². The van der Waals surface area contributed by atoms with Crippen molar-refractivity contribution < 1.29 is 28.3 Å². The fourth-order valence-corrected chi connectivity index (χ4v) is 3.04. The third-order valence-corrected chi connectivity index (χ3v) is 5.08. The molecular weight excluding hydrogens is 297 g/mol. The highest BCUT2D eigenvalue weighted by molar-refractivity contribution is 7.54. The normalized spacial score (nSPS) is 17.0. The Labute approximate surface area is 126 Å². The van der Waals surface area contributed by atoms with Gasteiger partial charge < -0.3 is 24.2 Å². The first-order valence-corrected chi connectivity index (χ1v) is 8.50. The van der Waals surface area contributed by atoms with Crippen LogP contribution < -0.4 is 5.32 Å². The number of carbonyl (C=O) groups is 1. The number of nitrogens with one attached hydrogen (secondary N) is 1. The number of hydrogen-bond donors (Lipinski definition) is 2. The van der Waals surface area contributed by atoms with E-state index in [-0.39, 0.29) is 5.92 Å². The topological polar surface area (TPSA) is 94.1 Å². The minimum absolute atomic E-state index is 0.147. The Morgan fingerprint density at radius 2 is 1.76 bits per heavy atom. The van der Waals surface area contributed by atoms with Crippen LogP contribution in [0.5, 0.6) is 0 Å². The van der Waals surface area contributed by atoms with Crippen molar-refractivity contribution in [2.45, 2.75) is 58.5 Å². The van der Waals surface area contributed by atoms with Crippen LogP contribution in [0.4, 0.5) is 4.79 Å². The number of amides is 1. The fourth-order valence-electron chi connectivity index (χ4n) is 1.70. The molecule has 0 spiro atoms. The Hall–Kier alpha value is -0.620. The average Bonchev–Trinajstić information content (AvgIpc) is 2.40. The molecule has 8 heteroatoms. The van der Waals surface area contributed by atoms with Crippen LogP contribution in [0, 0.1) is 5.92 Å². The molecule has 0 unspecified atom stereocenters. The molecule has 0 bridgehead atoms. The highest BCUT2D eigenvalue weighted by Crippen LogP contribution is 2.52. The number of hydrogen-bond acceptors (Lipinski definition) is 6. The molecule has 0 aliphatic carbocycles. The summed E-state index contributed by atoms with van der Waals surface area (Å²) in [5.74, 6) is -1.62. The first-order valence-electron chi connectivity index (χ1n) is 6.89. The quantitative estimate of drug-likeness (QED) is 0.699. The number of rotatable bonds is 7. The van der Waals surface area contributed by atoms with Gasteiger partial charge in [0.1, 0.15) is 5.60 Å². The van der Waals surface area contributed by atoms with Gasteiger partial charge in [-0.2, -0.15) is 0 Å². The molecule has 7 nitrogen and oxygen atoms in total. The Morgan fingerprint density at radius 3 is 2.10 bits per heavy atom. The first-order chi connectivity index (χ1) is 9.50. The molecule has 0 aromatic rings. The zero-order chi connectivity index (χ0) is 16.8. The van der Waals surface area contributed by atoms with E-state index in [9.17, 15) is 14.5 Å². The van der Waals surface area contributed by atoms with E-state index in [2.05, 4.69) is 5.32 Å². The molecule has 126 valence electrons. The number of alkyl carbamates (subject to hydrolysis) is 1. The molecule has 2 N–H and O–H groups in total. The molecule has 0 aliphatic rings. The monoisotopic (exact) mass is 325 g/mol.